The molecule has 2 rings (SSSR count). The summed E-state index contributed by atoms with van der Waals surface area (Å²) in [4.78, 5) is 2.77. The van der Waals surface area contributed by atoms with Crippen LogP contribution >= 0.6 is 0 Å². The smallest absolute Gasteiger partial charge is 0.00984 e. The van der Waals surface area contributed by atoms with Gasteiger partial charge in [0.1, 0.15) is 0 Å². The molecule has 94 valence electrons. The van der Waals surface area contributed by atoms with E-state index in [1.807, 2.05) is 0 Å². The molecule has 0 saturated carbocycles. The molecule has 2 saturated heterocycles. The van der Waals surface area contributed by atoms with Crippen molar-refractivity contribution >= 4 is 0 Å². The van der Waals surface area contributed by atoms with Crippen LogP contribution in [-0.2, 0) is 0 Å². The molecule has 2 fully saturated rings. The Bertz CT molecular complexity index is 219. The van der Waals surface area contributed by atoms with Crippen molar-refractivity contribution in [2.24, 2.45) is 11.3 Å². The lowest BCUT2D eigenvalue weighted by Crippen LogP contribution is -2.40. The molecule has 2 atom stereocenters. The minimum atomic E-state index is 0.541. The van der Waals surface area contributed by atoms with Crippen LogP contribution < -0.4 is 5.32 Å². The summed E-state index contributed by atoms with van der Waals surface area (Å²) in [7, 11) is 0. The van der Waals surface area contributed by atoms with E-state index in [9.17, 15) is 0 Å². The molecule has 0 spiro atoms. The third-order valence-electron chi connectivity index (χ3n) is 4.28. The summed E-state index contributed by atoms with van der Waals surface area (Å²) in [6.45, 7) is 12.3. The summed E-state index contributed by atoms with van der Waals surface area (Å²) in [5, 5.41) is 3.52. The van der Waals surface area contributed by atoms with E-state index in [-0.39, 0.29) is 0 Å². The van der Waals surface area contributed by atoms with Crippen LogP contribution in [0.4, 0.5) is 0 Å². The van der Waals surface area contributed by atoms with Gasteiger partial charge in [0.2, 0.25) is 0 Å². The largest absolute Gasteiger partial charge is 0.316 e. The van der Waals surface area contributed by atoms with Crippen LogP contribution in [0.15, 0.2) is 0 Å². The molecular formula is C14H28N2. The number of hydrogen-bond acceptors (Lipinski definition) is 2. The normalized spacial score (nSPS) is 36.4. The van der Waals surface area contributed by atoms with Gasteiger partial charge in [0.25, 0.3) is 0 Å². The van der Waals surface area contributed by atoms with E-state index in [1.165, 1.54) is 51.9 Å². The second kappa shape index (κ2) is 5.05. The van der Waals surface area contributed by atoms with Crippen molar-refractivity contribution in [3.05, 3.63) is 0 Å². The third-order valence-corrected chi connectivity index (χ3v) is 4.28. The maximum absolute atomic E-state index is 3.52. The van der Waals surface area contributed by atoms with Gasteiger partial charge in [-0.3, -0.25) is 4.90 Å². The Morgan fingerprint density at radius 1 is 1.44 bits per heavy atom. The zero-order valence-corrected chi connectivity index (χ0v) is 11.3. The maximum atomic E-state index is 3.52. The first-order valence-electron chi connectivity index (χ1n) is 7.04. The molecule has 2 nitrogen and oxygen atoms in total. The summed E-state index contributed by atoms with van der Waals surface area (Å²) in [5.41, 5.74) is 0.541. The molecule has 1 N–H and O–H groups in total. The van der Waals surface area contributed by atoms with Gasteiger partial charge in [0.15, 0.2) is 0 Å². The number of nitrogens with zero attached hydrogens (tertiary/aromatic N) is 1. The molecule has 0 amide bonds. The highest BCUT2D eigenvalue weighted by molar-refractivity contribution is 4.90. The molecule has 0 aromatic carbocycles. The van der Waals surface area contributed by atoms with Crippen molar-refractivity contribution < 1.29 is 0 Å². The fourth-order valence-corrected chi connectivity index (χ4v) is 3.41. The second-order valence-electron chi connectivity index (χ2n) is 6.63. The summed E-state index contributed by atoms with van der Waals surface area (Å²) in [6.07, 6.45) is 5.60. The summed E-state index contributed by atoms with van der Waals surface area (Å²) < 4.78 is 0. The van der Waals surface area contributed by atoms with Gasteiger partial charge in [-0.15, -0.1) is 0 Å². The van der Waals surface area contributed by atoms with Gasteiger partial charge in [0, 0.05) is 19.1 Å². The second-order valence-corrected chi connectivity index (χ2v) is 6.63. The maximum Gasteiger partial charge on any atom is 0.00984 e. The van der Waals surface area contributed by atoms with Gasteiger partial charge >= 0.3 is 0 Å². The Labute approximate surface area is 101 Å². The summed E-state index contributed by atoms with van der Waals surface area (Å²) >= 11 is 0. The average molecular weight is 224 g/mol. The van der Waals surface area contributed by atoms with Crippen molar-refractivity contribution in [3.8, 4) is 0 Å². The predicted molar refractivity (Wildman–Crippen MR) is 69.6 cm³/mol. The number of likely N-dealkylation sites (tertiary alicyclic amines) is 1. The van der Waals surface area contributed by atoms with Gasteiger partial charge in [0.05, 0.1) is 0 Å². The van der Waals surface area contributed by atoms with E-state index in [2.05, 4.69) is 31.0 Å². The Hall–Kier alpha value is -0.0800. The SMILES string of the molecule is CC(C)CC1CCCN1CC1(C)CCNC1. The number of hydrogen-bond donors (Lipinski definition) is 1. The van der Waals surface area contributed by atoms with E-state index in [4.69, 9.17) is 0 Å². The molecule has 2 aliphatic heterocycles. The number of nitrogens with one attached hydrogen (secondary N) is 1. The fourth-order valence-electron chi connectivity index (χ4n) is 3.41. The standard InChI is InChI=1S/C14H28N2/c1-12(2)9-13-5-4-8-16(13)11-14(3)6-7-15-10-14/h12-13,15H,4-11H2,1-3H3. The van der Waals surface area contributed by atoms with Crippen molar-refractivity contribution in [1.29, 1.82) is 0 Å². The van der Waals surface area contributed by atoms with Crippen LogP contribution in [0, 0.1) is 11.3 Å². The minimum absolute atomic E-state index is 0.541. The molecule has 0 radical (unpaired) electrons. The van der Waals surface area contributed by atoms with Crippen LogP contribution in [0.5, 0.6) is 0 Å². The zero-order valence-electron chi connectivity index (χ0n) is 11.3. The number of rotatable bonds is 4. The van der Waals surface area contributed by atoms with Crippen molar-refractivity contribution in [2.75, 3.05) is 26.2 Å². The topological polar surface area (TPSA) is 15.3 Å². The van der Waals surface area contributed by atoms with Crippen molar-refractivity contribution in [2.45, 2.75) is 52.5 Å². The van der Waals surface area contributed by atoms with Crippen molar-refractivity contribution in [1.82, 2.24) is 10.2 Å². The summed E-state index contributed by atoms with van der Waals surface area (Å²) in [5.74, 6) is 0.847. The van der Waals surface area contributed by atoms with E-state index in [0.717, 1.165) is 12.0 Å². The monoisotopic (exact) mass is 224 g/mol. The van der Waals surface area contributed by atoms with E-state index in [1.54, 1.807) is 0 Å². The molecule has 2 aliphatic rings. The lowest BCUT2D eigenvalue weighted by Gasteiger charge is -2.33. The highest BCUT2D eigenvalue weighted by atomic mass is 15.2. The van der Waals surface area contributed by atoms with Gasteiger partial charge in [-0.1, -0.05) is 20.8 Å². The summed E-state index contributed by atoms with van der Waals surface area (Å²) in [6, 6.07) is 0.873. The van der Waals surface area contributed by atoms with E-state index >= 15 is 0 Å². The Morgan fingerprint density at radius 2 is 2.25 bits per heavy atom. The average Bonchev–Trinajstić information content (AvgIpc) is 2.77. The van der Waals surface area contributed by atoms with Gasteiger partial charge in [-0.25, -0.2) is 0 Å². The molecule has 0 aliphatic carbocycles. The highest BCUT2D eigenvalue weighted by Gasteiger charge is 2.34. The molecular weight excluding hydrogens is 196 g/mol. The fraction of sp³-hybridized carbons (Fsp3) is 1.00. The highest BCUT2D eigenvalue weighted by Crippen LogP contribution is 2.31. The zero-order chi connectivity index (χ0) is 11.6. The quantitative estimate of drug-likeness (QED) is 0.789. The first-order valence-corrected chi connectivity index (χ1v) is 7.04. The first-order chi connectivity index (χ1) is 7.59. The van der Waals surface area contributed by atoms with Crippen LogP contribution in [0.3, 0.4) is 0 Å². The minimum Gasteiger partial charge on any atom is -0.316 e. The Morgan fingerprint density at radius 3 is 2.88 bits per heavy atom. The van der Waals surface area contributed by atoms with E-state index < -0.39 is 0 Å². The van der Waals surface area contributed by atoms with E-state index in [0.29, 0.717) is 5.41 Å². The molecule has 2 unspecified atom stereocenters. The van der Waals surface area contributed by atoms with Crippen LogP contribution in [-0.4, -0.2) is 37.1 Å². The predicted octanol–water partition coefficient (Wildman–Crippen LogP) is 2.50. The molecule has 2 heterocycles. The third kappa shape index (κ3) is 2.98. The van der Waals surface area contributed by atoms with Crippen LogP contribution in [0.1, 0.15) is 46.5 Å². The Balaban J connectivity index is 1.87. The van der Waals surface area contributed by atoms with Gasteiger partial charge < -0.3 is 5.32 Å². The van der Waals surface area contributed by atoms with Crippen LogP contribution in [0.2, 0.25) is 0 Å². The lowest BCUT2D eigenvalue weighted by molar-refractivity contribution is 0.151. The van der Waals surface area contributed by atoms with Crippen molar-refractivity contribution in [3.63, 3.8) is 0 Å². The van der Waals surface area contributed by atoms with Gasteiger partial charge in [-0.05, 0) is 50.1 Å². The molecule has 0 bridgehead atoms. The molecule has 0 aromatic rings. The molecule has 0 aromatic heterocycles. The Kier molecular flexibility index (Phi) is 3.91. The molecule has 16 heavy (non-hydrogen) atoms. The first kappa shape index (κ1) is 12.4. The molecule has 2 heteroatoms. The van der Waals surface area contributed by atoms with Crippen LogP contribution in [0.25, 0.3) is 0 Å². The van der Waals surface area contributed by atoms with Gasteiger partial charge in [-0.2, -0.15) is 0 Å². The lowest BCUT2D eigenvalue weighted by atomic mass is 9.88.